The van der Waals surface area contributed by atoms with E-state index >= 15 is 0 Å². The third-order valence-electron chi connectivity index (χ3n) is 3.78. The van der Waals surface area contributed by atoms with E-state index in [-0.39, 0.29) is 5.54 Å². The van der Waals surface area contributed by atoms with Gasteiger partial charge in [-0.05, 0) is 53.6 Å². The molecule has 3 heteroatoms. The van der Waals surface area contributed by atoms with Crippen LogP contribution in [0.3, 0.4) is 0 Å². The molecule has 0 aliphatic rings. The number of hydrogen-bond acceptors (Lipinski definition) is 2. The Morgan fingerprint density at radius 3 is 2.45 bits per heavy atom. The first-order valence-corrected chi connectivity index (χ1v) is 7.52. The molecule has 0 heterocycles. The van der Waals surface area contributed by atoms with Crippen molar-refractivity contribution in [3.8, 4) is 0 Å². The summed E-state index contributed by atoms with van der Waals surface area (Å²) in [4.78, 5) is 14.9. The molecule has 0 radical (unpaired) electrons. The van der Waals surface area contributed by atoms with Crippen molar-refractivity contribution in [2.24, 2.45) is 0 Å². The second-order valence-electron chi connectivity index (χ2n) is 6.23. The molecule has 0 fully saturated rings. The lowest BCUT2D eigenvalue weighted by molar-refractivity contribution is -0.121. The van der Waals surface area contributed by atoms with E-state index < -0.39 is 0 Å². The summed E-state index contributed by atoms with van der Waals surface area (Å²) >= 11 is 0. The van der Waals surface area contributed by atoms with Crippen molar-refractivity contribution in [2.75, 3.05) is 27.2 Å². The second kappa shape index (κ2) is 9.76. The third-order valence-corrected chi connectivity index (χ3v) is 3.78. The van der Waals surface area contributed by atoms with Crippen LogP contribution in [0, 0.1) is 0 Å². The van der Waals surface area contributed by atoms with Gasteiger partial charge in [0.05, 0.1) is 0 Å². The van der Waals surface area contributed by atoms with E-state index in [2.05, 4.69) is 57.9 Å². The van der Waals surface area contributed by atoms with Gasteiger partial charge in [-0.3, -0.25) is 4.79 Å². The monoisotopic (exact) mass is 280 g/mol. The predicted octanol–water partition coefficient (Wildman–Crippen LogP) is 3.48. The Hall–Kier alpha value is -1.09. The number of amides is 1. The SMILES string of the molecule is CCCN(C)C/C=C\C=C(/C)CCC(C)(C)N(C)C=O. The summed E-state index contributed by atoms with van der Waals surface area (Å²) in [6, 6.07) is 0. The average molecular weight is 280 g/mol. The van der Waals surface area contributed by atoms with Crippen LogP contribution in [-0.2, 0) is 4.79 Å². The van der Waals surface area contributed by atoms with E-state index in [4.69, 9.17) is 0 Å². The van der Waals surface area contributed by atoms with Crippen molar-refractivity contribution in [3.05, 3.63) is 23.8 Å². The molecule has 0 N–H and O–H groups in total. The van der Waals surface area contributed by atoms with Gasteiger partial charge < -0.3 is 9.80 Å². The fourth-order valence-electron chi connectivity index (χ4n) is 1.85. The van der Waals surface area contributed by atoms with Crippen LogP contribution in [0.2, 0.25) is 0 Å². The van der Waals surface area contributed by atoms with Gasteiger partial charge in [0, 0.05) is 19.1 Å². The van der Waals surface area contributed by atoms with Crippen LogP contribution in [0.1, 0.15) is 47.0 Å². The van der Waals surface area contributed by atoms with Gasteiger partial charge in [0.2, 0.25) is 6.41 Å². The van der Waals surface area contributed by atoms with Crippen LogP contribution in [0.5, 0.6) is 0 Å². The molecule has 0 spiro atoms. The highest BCUT2D eigenvalue weighted by Crippen LogP contribution is 2.20. The van der Waals surface area contributed by atoms with E-state index in [0.717, 1.165) is 32.3 Å². The summed E-state index contributed by atoms with van der Waals surface area (Å²) in [5.41, 5.74) is 1.27. The Morgan fingerprint density at radius 1 is 1.25 bits per heavy atom. The highest BCUT2D eigenvalue weighted by molar-refractivity contribution is 5.48. The number of nitrogens with zero attached hydrogens (tertiary/aromatic N) is 2. The van der Waals surface area contributed by atoms with Crippen molar-refractivity contribution in [1.29, 1.82) is 0 Å². The van der Waals surface area contributed by atoms with E-state index in [1.54, 1.807) is 4.90 Å². The number of carbonyl (C=O) groups excluding carboxylic acids is 1. The van der Waals surface area contributed by atoms with Crippen molar-refractivity contribution in [3.63, 3.8) is 0 Å². The molecule has 0 unspecified atom stereocenters. The summed E-state index contributed by atoms with van der Waals surface area (Å²) in [5.74, 6) is 0. The largest absolute Gasteiger partial charge is 0.343 e. The lowest BCUT2D eigenvalue weighted by atomic mass is 9.94. The molecule has 0 rings (SSSR count). The summed E-state index contributed by atoms with van der Waals surface area (Å²) in [5, 5.41) is 0. The maximum absolute atomic E-state index is 10.8. The molecule has 116 valence electrons. The molecule has 0 bridgehead atoms. The van der Waals surface area contributed by atoms with Gasteiger partial charge in [-0.1, -0.05) is 30.7 Å². The first-order valence-electron chi connectivity index (χ1n) is 7.52. The second-order valence-corrected chi connectivity index (χ2v) is 6.23. The lowest BCUT2D eigenvalue weighted by Gasteiger charge is -2.32. The molecule has 0 aromatic heterocycles. The zero-order valence-electron chi connectivity index (χ0n) is 14.1. The van der Waals surface area contributed by atoms with E-state index in [0.29, 0.717) is 0 Å². The smallest absolute Gasteiger partial charge is 0.209 e. The summed E-state index contributed by atoms with van der Waals surface area (Å²) in [7, 11) is 3.98. The maximum atomic E-state index is 10.8. The first-order chi connectivity index (χ1) is 9.33. The standard InChI is InChI=1S/C17H32N2O/c1-7-13-18(5)14-9-8-10-16(2)11-12-17(3,4)19(6)15-20/h8-10,15H,7,11-14H2,1-6H3/b9-8-,16-10+. The number of hydrogen-bond donors (Lipinski definition) is 0. The Balaban J connectivity index is 4.14. The van der Waals surface area contributed by atoms with Gasteiger partial charge >= 0.3 is 0 Å². The highest BCUT2D eigenvalue weighted by Gasteiger charge is 2.21. The first kappa shape index (κ1) is 18.9. The molecule has 0 aliphatic heterocycles. The summed E-state index contributed by atoms with van der Waals surface area (Å²) in [6.45, 7) is 10.7. The van der Waals surface area contributed by atoms with E-state index in [9.17, 15) is 4.79 Å². The molecule has 0 saturated carbocycles. The molecular formula is C17H32N2O. The van der Waals surface area contributed by atoms with Crippen molar-refractivity contribution < 1.29 is 4.79 Å². The topological polar surface area (TPSA) is 23.6 Å². The van der Waals surface area contributed by atoms with Crippen molar-refractivity contribution in [2.45, 2.75) is 52.5 Å². The Bertz CT molecular complexity index is 332. The van der Waals surface area contributed by atoms with Gasteiger partial charge in [-0.25, -0.2) is 0 Å². The molecule has 1 amide bonds. The van der Waals surface area contributed by atoms with Gasteiger partial charge in [0.15, 0.2) is 0 Å². The molecule has 0 aromatic rings. The van der Waals surface area contributed by atoms with Crippen LogP contribution in [0.25, 0.3) is 0 Å². The molecule has 0 saturated heterocycles. The minimum absolute atomic E-state index is 0.0814. The van der Waals surface area contributed by atoms with Gasteiger partial charge in [0.25, 0.3) is 0 Å². The normalized spacial score (nSPS) is 13.2. The van der Waals surface area contributed by atoms with Crippen molar-refractivity contribution >= 4 is 6.41 Å². The number of rotatable bonds is 10. The fourth-order valence-corrected chi connectivity index (χ4v) is 1.85. The van der Waals surface area contributed by atoms with Gasteiger partial charge in [0.1, 0.15) is 0 Å². The molecular weight excluding hydrogens is 248 g/mol. The van der Waals surface area contributed by atoms with Crippen LogP contribution >= 0.6 is 0 Å². The zero-order chi connectivity index (χ0) is 15.6. The summed E-state index contributed by atoms with van der Waals surface area (Å²) in [6.07, 6.45) is 10.6. The highest BCUT2D eigenvalue weighted by atomic mass is 16.1. The minimum atomic E-state index is -0.0814. The number of allylic oxidation sites excluding steroid dienone is 3. The molecule has 0 atom stereocenters. The quantitative estimate of drug-likeness (QED) is 0.452. The Morgan fingerprint density at radius 2 is 1.90 bits per heavy atom. The van der Waals surface area contributed by atoms with Gasteiger partial charge in [-0.15, -0.1) is 0 Å². The lowest BCUT2D eigenvalue weighted by Crippen LogP contribution is -2.39. The Labute approximate surface area is 125 Å². The Kier molecular flexibility index (Phi) is 9.23. The number of likely N-dealkylation sites (N-methyl/N-ethyl adjacent to an activating group) is 1. The molecule has 0 aliphatic carbocycles. The van der Waals surface area contributed by atoms with Crippen LogP contribution in [0.4, 0.5) is 0 Å². The molecule has 20 heavy (non-hydrogen) atoms. The van der Waals surface area contributed by atoms with Crippen LogP contribution in [0.15, 0.2) is 23.8 Å². The molecule has 3 nitrogen and oxygen atoms in total. The maximum Gasteiger partial charge on any atom is 0.209 e. The molecule has 0 aromatic carbocycles. The number of carbonyl (C=O) groups is 1. The van der Waals surface area contributed by atoms with Crippen LogP contribution < -0.4 is 0 Å². The van der Waals surface area contributed by atoms with E-state index in [1.165, 1.54) is 12.0 Å². The fraction of sp³-hybridized carbons (Fsp3) is 0.706. The zero-order valence-corrected chi connectivity index (χ0v) is 14.1. The van der Waals surface area contributed by atoms with Gasteiger partial charge in [-0.2, -0.15) is 0 Å². The third kappa shape index (κ3) is 8.16. The summed E-state index contributed by atoms with van der Waals surface area (Å²) < 4.78 is 0. The van der Waals surface area contributed by atoms with Crippen LogP contribution in [-0.4, -0.2) is 48.9 Å². The minimum Gasteiger partial charge on any atom is -0.343 e. The average Bonchev–Trinajstić information content (AvgIpc) is 2.40. The predicted molar refractivity (Wildman–Crippen MR) is 87.8 cm³/mol. The van der Waals surface area contributed by atoms with Crippen molar-refractivity contribution in [1.82, 2.24) is 9.80 Å². The van der Waals surface area contributed by atoms with E-state index in [1.807, 2.05) is 7.05 Å².